The lowest BCUT2D eigenvalue weighted by molar-refractivity contribution is 0.137. The van der Waals surface area contributed by atoms with E-state index in [1.54, 1.807) is 0 Å². The van der Waals surface area contributed by atoms with Crippen LogP contribution in [0.2, 0.25) is 0 Å². The van der Waals surface area contributed by atoms with E-state index in [0.29, 0.717) is 0 Å². The Hall–Kier alpha value is -2.89. The Labute approximate surface area is 108 Å². The molecule has 6 nitrogen and oxygen atoms in total. The highest BCUT2D eigenvalue weighted by Crippen LogP contribution is 2.21. The van der Waals surface area contributed by atoms with E-state index in [2.05, 4.69) is 33.6 Å². The van der Waals surface area contributed by atoms with Crippen molar-refractivity contribution in [2.45, 2.75) is 0 Å². The van der Waals surface area contributed by atoms with Gasteiger partial charge in [-0.25, -0.2) is 4.79 Å². The molecule has 3 rings (SSSR count). The van der Waals surface area contributed by atoms with Crippen molar-refractivity contribution in [3.05, 3.63) is 48.5 Å². The van der Waals surface area contributed by atoms with E-state index in [-0.39, 0.29) is 0 Å². The van der Waals surface area contributed by atoms with Crippen molar-refractivity contribution >= 4 is 17.2 Å². The molecule has 19 heavy (non-hydrogen) atoms. The number of rotatable bonds is 1. The first-order valence-electron chi connectivity index (χ1n) is 5.44. The van der Waals surface area contributed by atoms with Crippen LogP contribution in [-0.4, -0.2) is 31.8 Å². The molecule has 0 unspecified atom stereocenters. The fourth-order valence-corrected chi connectivity index (χ4v) is 1.65. The van der Waals surface area contributed by atoms with Gasteiger partial charge in [-0.05, 0) is 23.3 Å². The largest absolute Gasteiger partial charge is 0.503 e. The molecule has 0 aliphatic rings. The Kier molecular flexibility index (Phi) is 3.72. The minimum atomic E-state index is -1.83. The molecule has 6 heteroatoms. The highest BCUT2D eigenvalue weighted by Gasteiger charge is 2.00. The molecule has 0 atom stereocenters. The predicted molar refractivity (Wildman–Crippen MR) is 70.0 cm³/mol. The number of aromatic amines is 1. The maximum Gasteiger partial charge on any atom is 0.503 e. The number of hydrogen-bond acceptors (Lipinski definition) is 3. The van der Waals surface area contributed by atoms with E-state index in [4.69, 9.17) is 15.0 Å². The lowest BCUT2D eigenvalue weighted by atomic mass is 10.1. The van der Waals surface area contributed by atoms with Gasteiger partial charge >= 0.3 is 6.16 Å². The summed E-state index contributed by atoms with van der Waals surface area (Å²) in [7, 11) is 0. The minimum absolute atomic E-state index is 0.898. The highest BCUT2D eigenvalue weighted by atomic mass is 16.6. The van der Waals surface area contributed by atoms with Crippen LogP contribution in [0.25, 0.3) is 22.2 Å². The van der Waals surface area contributed by atoms with Crippen molar-refractivity contribution in [2.24, 2.45) is 0 Å². The van der Waals surface area contributed by atoms with E-state index in [1.807, 2.05) is 30.3 Å². The zero-order valence-electron chi connectivity index (χ0n) is 9.82. The van der Waals surface area contributed by atoms with Crippen LogP contribution in [0.15, 0.2) is 48.5 Å². The van der Waals surface area contributed by atoms with Gasteiger partial charge in [0, 0.05) is 0 Å². The lowest BCUT2D eigenvalue weighted by Gasteiger charge is -1.99. The van der Waals surface area contributed by atoms with Crippen molar-refractivity contribution in [3.8, 4) is 11.1 Å². The van der Waals surface area contributed by atoms with Gasteiger partial charge in [0.25, 0.3) is 0 Å². The number of carbonyl (C=O) groups is 1. The number of fused-ring (bicyclic) bond motifs is 1. The lowest BCUT2D eigenvalue weighted by Crippen LogP contribution is -1.81. The quantitative estimate of drug-likeness (QED) is 0.622. The van der Waals surface area contributed by atoms with Gasteiger partial charge in [-0.15, -0.1) is 0 Å². The molecule has 1 aromatic heterocycles. The number of hydrogen-bond donors (Lipinski definition) is 3. The van der Waals surface area contributed by atoms with E-state index in [0.717, 1.165) is 16.6 Å². The van der Waals surface area contributed by atoms with Gasteiger partial charge in [-0.3, -0.25) is 0 Å². The molecule has 0 spiro atoms. The topological polar surface area (TPSA) is 99.1 Å². The summed E-state index contributed by atoms with van der Waals surface area (Å²) >= 11 is 0. The fraction of sp³-hybridized carbons (Fsp3) is 0. The summed E-state index contributed by atoms with van der Waals surface area (Å²) in [5.74, 6) is 0. The molecule has 0 aliphatic heterocycles. The SMILES string of the molecule is O=C(O)O.c1ccc(-c2ccc3n[nH]nc3c2)cc1. The summed E-state index contributed by atoms with van der Waals surface area (Å²) in [4.78, 5) is 8.56. The third kappa shape index (κ3) is 3.29. The Balaban J connectivity index is 0.000000297. The monoisotopic (exact) mass is 257 g/mol. The number of nitrogens with one attached hydrogen (secondary N) is 1. The van der Waals surface area contributed by atoms with Crippen LogP contribution in [0.5, 0.6) is 0 Å². The Bertz CT molecular complexity index is 676. The average Bonchev–Trinajstić information content (AvgIpc) is 2.86. The van der Waals surface area contributed by atoms with Crippen LogP contribution in [0, 0.1) is 0 Å². The second kappa shape index (κ2) is 5.63. The first kappa shape index (κ1) is 12.6. The van der Waals surface area contributed by atoms with Gasteiger partial charge in [0.05, 0.1) is 0 Å². The molecule has 3 N–H and O–H groups in total. The first-order chi connectivity index (χ1) is 9.16. The van der Waals surface area contributed by atoms with E-state index < -0.39 is 6.16 Å². The predicted octanol–water partition coefficient (Wildman–Crippen LogP) is 2.85. The van der Waals surface area contributed by atoms with Crippen molar-refractivity contribution in [2.75, 3.05) is 0 Å². The van der Waals surface area contributed by atoms with Gasteiger partial charge in [0.15, 0.2) is 0 Å². The third-order valence-corrected chi connectivity index (χ3v) is 2.42. The molecule has 0 aliphatic carbocycles. The molecule has 0 bridgehead atoms. The molecule has 96 valence electrons. The van der Waals surface area contributed by atoms with E-state index in [1.165, 1.54) is 5.56 Å². The molecule has 1 heterocycles. The summed E-state index contributed by atoms with van der Waals surface area (Å²) in [6.45, 7) is 0. The van der Waals surface area contributed by atoms with Gasteiger partial charge in [-0.1, -0.05) is 36.4 Å². The molecule has 0 amide bonds. The maximum atomic E-state index is 8.56. The van der Waals surface area contributed by atoms with Gasteiger partial charge < -0.3 is 10.2 Å². The molecular formula is C13H11N3O3. The molecular weight excluding hydrogens is 246 g/mol. The molecule has 0 radical (unpaired) electrons. The first-order valence-corrected chi connectivity index (χ1v) is 5.44. The summed E-state index contributed by atoms with van der Waals surface area (Å²) in [5.41, 5.74) is 4.16. The minimum Gasteiger partial charge on any atom is -0.450 e. The van der Waals surface area contributed by atoms with Crippen LogP contribution in [0.4, 0.5) is 4.79 Å². The van der Waals surface area contributed by atoms with E-state index >= 15 is 0 Å². The zero-order chi connectivity index (χ0) is 13.7. The number of nitrogens with zero attached hydrogens (tertiary/aromatic N) is 2. The Morgan fingerprint density at radius 2 is 1.53 bits per heavy atom. The van der Waals surface area contributed by atoms with Crippen LogP contribution >= 0.6 is 0 Å². The van der Waals surface area contributed by atoms with E-state index in [9.17, 15) is 0 Å². The second-order valence-corrected chi connectivity index (χ2v) is 3.68. The number of carboxylic acid groups (broad SMARTS) is 2. The van der Waals surface area contributed by atoms with Crippen LogP contribution in [-0.2, 0) is 0 Å². The smallest absolute Gasteiger partial charge is 0.450 e. The van der Waals surface area contributed by atoms with Gasteiger partial charge in [0.1, 0.15) is 11.0 Å². The number of benzene rings is 2. The van der Waals surface area contributed by atoms with Crippen molar-refractivity contribution in [3.63, 3.8) is 0 Å². The standard InChI is InChI=1S/C12H9N3.CH2O3/c1-2-4-9(5-3-1)10-6-7-11-12(8-10)14-15-13-11;2-1(3)4/h1-8H,(H,13,14,15);(H2,2,3,4). The Morgan fingerprint density at radius 1 is 0.895 bits per heavy atom. The molecule has 0 saturated carbocycles. The third-order valence-electron chi connectivity index (χ3n) is 2.42. The van der Waals surface area contributed by atoms with Gasteiger partial charge in [-0.2, -0.15) is 15.4 Å². The van der Waals surface area contributed by atoms with Crippen molar-refractivity contribution in [1.29, 1.82) is 0 Å². The fourth-order valence-electron chi connectivity index (χ4n) is 1.65. The molecule has 0 saturated heterocycles. The summed E-state index contributed by atoms with van der Waals surface area (Å²) in [6.07, 6.45) is -1.83. The Morgan fingerprint density at radius 3 is 2.21 bits per heavy atom. The normalized spacial score (nSPS) is 9.68. The number of H-pyrrole nitrogens is 1. The molecule has 3 aromatic rings. The summed E-state index contributed by atoms with van der Waals surface area (Å²) < 4.78 is 0. The zero-order valence-corrected chi connectivity index (χ0v) is 9.82. The summed E-state index contributed by atoms with van der Waals surface area (Å²) in [6, 6.07) is 16.3. The van der Waals surface area contributed by atoms with Crippen molar-refractivity contribution < 1.29 is 15.0 Å². The van der Waals surface area contributed by atoms with Crippen LogP contribution in [0.3, 0.4) is 0 Å². The van der Waals surface area contributed by atoms with Crippen molar-refractivity contribution in [1.82, 2.24) is 15.4 Å². The van der Waals surface area contributed by atoms with Crippen LogP contribution < -0.4 is 0 Å². The molecule has 0 fully saturated rings. The second-order valence-electron chi connectivity index (χ2n) is 3.68. The highest BCUT2D eigenvalue weighted by molar-refractivity contribution is 5.80. The van der Waals surface area contributed by atoms with Crippen LogP contribution in [0.1, 0.15) is 0 Å². The maximum absolute atomic E-state index is 8.56. The number of aromatic nitrogens is 3. The summed E-state index contributed by atoms with van der Waals surface area (Å²) in [5, 5.41) is 24.6. The molecule has 2 aromatic carbocycles. The van der Waals surface area contributed by atoms with Gasteiger partial charge in [0.2, 0.25) is 0 Å². The average molecular weight is 257 g/mol.